The molecule has 1 aromatic rings. The Morgan fingerprint density at radius 3 is 2.68 bits per heavy atom. The summed E-state index contributed by atoms with van der Waals surface area (Å²) in [6.07, 6.45) is 5.30. The zero-order chi connectivity index (χ0) is 13.2. The van der Waals surface area contributed by atoms with Crippen molar-refractivity contribution in [3.63, 3.8) is 0 Å². The van der Waals surface area contributed by atoms with Crippen LogP contribution in [0, 0.1) is 5.92 Å². The number of ether oxygens (including phenoxy) is 1. The van der Waals surface area contributed by atoms with Crippen LogP contribution in [0.15, 0.2) is 42.5 Å². The fraction of sp³-hybridized carbons (Fsp3) is 0.438. The number of amides is 1. The third-order valence-corrected chi connectivity index (χ3v) is 4.05. The molecule has 3 rings (SSSR count). The molecule has 1 aliphatic carbocycles. The number of benzene rings is 1. The van der Waals surface area contributed by atoms with Gasteiger partial charge in [-0.25, -0.2) is 4.79 Å². The fourth-order valence-electron chi connectivity index (χ4n) is 3.09. The van der Waals surface area contributed by atoms with Crippen molar-refractivity contribution in [2.45, 2.75) is 25.3 Å². The Hall–Kier alpha value is -1.77. The van der Waals surface area contributed by atoms with E-state index in [0.29, 0.717) is 25.0 Å². The van der Waals surface area contributed by atoms with Gasteiger partial charge in [0.05, 0.1) is 12.6 Å². The van der Waals surface area contributed by atoms with Gasteiger partial charge in [-0.2, -0.15) is 0 Å². The van der Waals surface area contributed by atoms with E-state index in [1.165, 1.54) is 5.56 Å². The highest BCUT2D eigenvalue weighted by Gasteiger charge is 2.36. The number of carbonyl (C=O) groups excluding carboxylic acids is 1. The Labute approximate surface area is 113 Å². The first kappa shape index (κ1) is 12.3. The quantitative estimate of drug-likeness (QED) is 0.761. The van der Waals surface area contributed by atoms with Crippen molar-refractivity contribution in [1.82, 2.24) is 4.90 Å². The molecule has 3 atom stereocenters. The summed E-state index contributed by atoms with van der Waals surface area (Å²) in [5.74, 6) is 0.923. The molecule has 0 bridgehead atoms. The average molecular weight is 257 g/mol. The molecular weight excluding hydrogens is 238 g/mol. The number of allylic oxidation sites excluding steroid dienone is 1. The van der Waals surface area contributed by atoms with Crippen molar-refractivity contribution in [3.8, 4) is 0 Å². The largest absolute Gasteiger partial charge is 0.448 e. The van der Waals surface area contributed by atoms with Crippen molar-refractivity contribution in [2.75, 3.05) is 13.2 Å². The van der Waals surface area contributed by atoms with Crippen LogP contribution >= 0.6 is 0 Å². The van der Waals surface area contributed by atoms with Crippen LogP contribution in [0.3, 0.4) is 0 Å². The van der Waals surface area contributed by atoms with Gasteiger partial charge in [0.1, 0.15) is 6.61 Å². The summed E-state index contributed by atoms with van der Waals surface area (Å²) < 4.78 is 5.08. The highest BCUT2D eigenvalue weighted by Crippen LogP contribution is 2.36. The summed E-state index contributed by atoms with van der Waals surface area (Å²) in [5, 5.41) is 0. The SMILES string of the molecule is C[C@H]1C=C[C@@H](N2CCOC2=O)[C@H](c2ccccc2)C1. The minimum atomic E-state index is -0.176. The molecule has 1 aromatic carbocycles. The van der Waals surface area contributed by atoms with E-state index >= 15 is 0 Å². The molecule has 1 fully saturated rings. The standard InChI is InChI=1S/C16H19NO2/c1-12-7-8-15(17-9-10-19-16(17)18)14(11-12)13-5-3-2-4-6-13/h2-8,12,14-15H,9-11H2,1H3/t12-,14-,15+/m0/s1. The zero-order valence-corrected chi connectivity index (χ0v) is 11.2. The van der Waals surface area contributed by atoms with E-state index in [0.717, 1.165) is 6.42 Å². The lowest BCUT2D eigenvalue weighted by Gasteiger charge is -2.35. The van der Waals surface area contributed by atoms with E-state index in [9.17, 15) is 4.79 Å². The molecule has 1 aliphatic heterocycles. The molecule has 3 heteroatoms. The Kier molecular flexibility index (Phi) is 3.28. The van der Waals surface area contributed by atoms with E-state index < -0.39 is 0 Å². The maximum atomic E-state index is 11.8. The van der Waals surface area contributed by atoms with Crippen LogP contribution in [-0.4, -0.2) is 30.2 Å². The van der Waals surface area contributed by atoms with Gasteiger partial charge in [-0.1, -0.05) is 49.4 Å². The van der Waals surface area contributed by atoms with E-state index in [4.69, 9.17) is 4.74 Å². The molecule has 19 heavy (non-hydrogen) atoms. The zero-order valence-electron chi connectivity index (χ0n) is 11.2. The van der Waals surface area contributed by atoms with Gasteiger partial charge in [-0.15, -0.1) is 0 Å². The van der Waals surface area contributed by atoms with Crippen molar-refractivity contribution in [3.05, 3.63) is 48.0 Å². The van der Waals surface area contributed by atoms with Crippen LogP contribution in [0.2, 0.25) is 0 Å². The first-order chi connectivity index (χ1) is 9.25. The molecule has 1 saturated heterocycles. The summed E-state index contributed by atoms with van der Waals surface area (Å²) in [7, 11) is 0. The van der Waals surface area contributed by atoms with E-state index in [1.54, 1.807) is 0 Å². The van der Waals surface area contributed by atoms with Crippen molar-refractivity contribution >= 4 is 6.09 Å². The van der Waals surface area contributed by atoms with Gasteiger partial charge in [0, 0.05) is 5.92 Å². The fourth-order valence-corrected chi connectivity index (χ4v) is 3.09. The Bertz CT molecular complexity index is 483. The summed E-state index contributed by atoms with van der Waals surface area (Å²) in [6, 6.07) is 10.6. The van der Waals surface area contributed by atoms with Crippen molar-refractivity contribution in [2.24, 2.45) is 5.92 Å². The summed E-state index contributed by atoms with van der Waals surface area (Å²) in [6.45, 7) is 3.44. The second kappa shape index (κ2) is 5.08. The van der Waals surface area contributed by atoms with Gasteiger partial charge < -0.3 is 4.74 Å². The number of nitrogens with zero attached hydrogens (tertiary/aromatic N) is 1. The highest BCUT2D eigenvalue weighted by atomic mass is 16.6. The lowest BCUT2D eigenvalue weighted by atomic mass is 9.79. The number of hydrogen-bond acceptors (Lipinski definition) is 2. The topological polar surface area (TPSA) is 29.5 Å². The predicted molar refractivity (Wildman–Crippen MR) is 73.9 cm³/mol. The van der Waals surface area contributed by atoms with E-state index in [2.05, 4.69) is 43.3 Å². The van der Waals surface area contributed by atoms with Gasteiger partial charge in [0.15, 0.2) is 0 Å². The van der Waals surface area contributed by atoms with Gasteiger partial charge in [-0.3, -0.25) is 4.90 Å². The van der Waals surface area contributed by atoms with E-state index in [1.807, 2.05) is 11.0 Å². The minimum absolute atomic E-state index is 0.133. The molecule has 0 unspecified atom stereocenters. The summed E-state index contributed by atoms with van der Waals surface area (Å²) in [4.78, 5) is 13.7. The van der Waals surface area contributed by atoms with Crippen molar-refractivity contribution < 1.29 is 9.53 Å². The lowest BCUT2D eigenvalue weighted by molar-refractivity contribution is 0.147. The molecule has 1 heterocycles. The molecule has 0 saturated carbocycles. The average Bonchev–Trinajstić information content (AvgIpc) is 2.86. The van der Waals surface area contributed by atoms with Crippen LogP contribution in [0.5, 0.6) is 0 Å². The van der Waals surface area contributed by atoms with Gasteiger partial charge in [0.2, 0.25) is 0 Å². The summed E-state index contributed by atoms with van der Waals surface area (Å²) in [5.41, 5.74) is 1.31. The van der Waals surface area contributed by atoms with Gasteiger partial charge >= 0.3 is 6.09 Å². The molecule has 0 radical (unpaired) electrons. The first-order valence-electron chi connectivity index (χ1n) is 6.92. The third kappa shape index (κ3) is 2.37. The lowest BCUT2D eigenvalue weighted by Crippen LogP contribution is -2.41. The number of cyclic esters (lactones) is 1. The highest BCUT2D eigenvalue weighted by molar-refractivity contribution is 5.70. The van der Waals surface area contributed by atoms with Gasteiger partial charge in [-0.05, 0) is 17.9 Å². The van der Waals surface area contributed by atoms with Gasteiger partial charge in [0.25, 0.3) is 0 Å². The van der Waals surface area contributed by atoms with Crippen molar-refractivity contribution in [1.29, 1.82) is 0 Å². The Morgan fingerprint density at radius 1 is 1.21 bits per heavy atom. The van der Waals surface area contributed by atoms with Crippen LogP contribution in [0.4, 0.5) is 4.79 Å². The molecule has 2 aliphatic rings. The molecule has 0 spiro atoms. The Morgan fingerprint density at radius 2 is 2.00 bits per heavy atom. The first-order valence-corrected chi connectivity index (χ1v) is 6.92. The molecule has 1 amide bonds. The van der Waals surface area contributed by atoms with Crippen LogP contribution in [0.1, 0.15) is 24.8 Å². The number of rotatable bonds is 2. The number of carbonyl (C=O) groups is 1. The monoisotopic (exact) mass is 257 g/mol. The molecule has 3 nitrogen and oxygen atoms in total. The van der Waals surface area contributed by atoms with Crippen LogP contribution < -0.4 is 0 Å². The maximum absolute atomic E-state index is 11.8. The smallest absolute Gasteiger partial charge is 0.410 e. The molecule has 0 N–H and O–H groups in total. The normalized spacial score (nSPS) is 30.5. The third-order valence-electron chi connectivity index (χ3n) is 4.05. The predicted octanol–water partition coefficient (Wildman–Crippen LogP) is 3.19. The van der Waals surface area contributed by atoms with Crippen LogP contribution in [-0.2, 0) is 4.74 Å². The van der Waals surface area contributed by atoms with Crippen LogP contribution in [0.25, 0.3) is 0 Å². The van der Waals surface area contributed by atoms with E-state index in [-0.39, 0.29) is 12.1 Å². The minimum Gasteiger partial charge on any atom is -0.448 e. The second-order valence-corrected chi connectivity index (χ2v) is 5.41. The number of hydrogen-bond donors (Lipinski definition) is 0. The second-order valence-electron chi connectivity index (χ2n) is 5.41. The molecule has 0 aromatic heterocycles. The molecule has 100 valence electrons. The summed E-state index contributed by atoms with van der Waals surface area (Å²) >= 11 is 0. The maximum Gasteiger partial charge on any atom is 0.410 e. The Balaban J connectivity index is 1.91. The molecular formula is C16H19NO2.